The maximum Gasteiger partial charge on any atom is 0.106 e. The van der Waals surface area contributed by atoms with Gasteiger partial charge >= 0.3 is 0 Å². The molecule has 98 valence electrons. The number of aromatic nitrogens is 1. The lowest BCUT2D eigenvalue weighted by Crippen LogP contribution is -2.21. The molecule has 2 N–H and O–H groups in total. The molecule has 0 fully saturated rings. The minimum atomic E-state index is 0.424. The van der Waals surface area contributed by atoms with Crippen LogP contribution in [0.3, 0.4) is 0 Å². The van der Waals surface area contributed by atoms with Crippen LogP contribution in [0.5, 0.6) is 0 Å². The van der Waals surface area contributed by atoms with Crippen molar-refractivity contribution in [1.29, 1.82) is 0 Å². The first kappa shape index (κ1) is 13.5. The number of anilines is 1. The van der Waals surface area contributed by atoms with Crippen molar-refractivity contribution in [1.82, 2.24) is 4.98 Å². The van der Waals surface area contributed by atoms with Crippen molar-refractivity contribution in [2.24, 2.45) is 5.73 Å². The van der Waals surface area contributed by atoms with Gasteiger partial charge in [0.1, 0.15) is 4.99 Å². The fourth-order valence-corrected chi connectivity index (χ4v) is 2.19. The summed E-state index contributed by atoms with van der Waals surface area (Å²) in [6.07, 6.45) is 3.64. The maximum atomic E-state index is 5.79. The van der Waals surface area contributed by atoms with E-state index in [2.05, 4.69) is 28.9 Å². The highest BCUT2D eigenvalue weighted by atomic mass is 32.1. The van der Waals surface area contributed by atoms with Crippen molar-refractivity contribution in [3.8, 4) is 0 Å². The molecule has 1 aromatic carbocycles. The second-order valence-corrected chi connectivity index (χ2v) is 5.04. The van der Waals surface area contributed by atoms with Crippen molar-refractivity contribution in [3.63, 3.8) is 0 Å². The van der Waals surface area contributed by atoms with E-state index in [1.54, 1.807) is 6.20 Å². The van der Waals surface area contributed by atoms with Crippen LogP contribution in [0.1, 0.15) is 16.7 Å². The molecule has 0 bridgehead atoms. The minimum absolute atomic E-state index is 0.424. The SMILES string of the molecule is Cc1ccc(C(N)=S)c(N(C)Cc2cccnc2)c1. The fraction of sp³-hybridized carbons (Fsp3) is 0.200. The van der Waals surface area contributed by atoms with E-state index in [1.165, 1.54) is 5.56 Å². The molecular weight excluding hydrogens is 254 g/mol. The zero-order valence-corrected chi connectivity index (χ0v) is 11.9. The normalized spacial score (nSPS) is 10.2. The van der Waals surface area contributed by atoms with Crippen LogP contribution < -0.4 is 10.6 Å². The Balaban J connectivity index is 2.30. The Morgan fingerprint density at radius 2 is 2.16 bits per heavy atom. The molecular formula is C15H17N3S. The van der Waals surface area contributed by atoms with Crippen LogP contribution in [-0.2, 0) is 6.54 Å². The molecule has 1 aromatic heterocycles. The topological polar surface area (TPSA) is 42.1 Å². The summed E-state index contributed by atoms with van der Waals surface area (Å²) in [5.74, 6) is 0. The van der Waals surface area contributed by atoms with Gasteiger partial charge in [0.05, 0.1) is 0 Å². The van der Waals surface area contributed by atoms with Gasteiger partial charge in [0.15, 0.2) is 0 Å². The highest BCUT2D eigenvalue weighted by molar-refractivity contribution is 7.80. The Labute approximate surface area is 119 Å². The number of nitrogens with zero attached hydrogens (tertiary/aromatic N) is 2. The average molecular weight is 271 g/mol. The molecule has 19 heavy (non-hydrogen) atoms. The molecule has 0 radical (unpaired) electrons. The van der Waals surface area contributed by atoms with E-state index < -0.39 is 0 Å². The van der Waals surface area contributed by atoms with Crippen LogP contribution in [0.2, 0.25) is 0 Å². The molecule has 0 amide bonds. The lowest BCUT2D eigenvalue weighted by atomic mass is 10.1. The highest BCUT2D eigenvalue weighted by Crippen LogP contribution is 2.22. The van der Waals surface area contributed by atoms with Crippen molar-refractivity contribution < 1.29 is 0 Å². The van der Waals surface area contributed by atoms with Crippen LogP contribution in [0, 0.1) is 6.92 Å². The van der Waals surface area contributed by atoms with E-state index in [0.29, 0.717) is 4.99 Å². The predicted octanol–water partition coefficient (Wildman–Crippen LogP) is 2.66. The van der Waals surface area contributed by atoms with Gasteiger partial charge in [-0.05, 0) is 36.2 Å². The van der Waals surface area contributed by atoms with Crippen LogP contribution in [0.25, 0.3) is 0 Å². The van der Waals surface area contributed by atoms with Crippen molar-refractivity contribution in [2.75, 3.05) is 11.9 Å². The molecule has 0 saturated carbocycles. The Morgan fingerprint density at radius 1 is 1.37 bits per heavy atom. The molecule has 4 heteroatoms. The van der Waals surface area contributed by atoms with E-state index in [-0.39, 0.29) is 0 Å². The van der Waals surface area contributed by atoms with Crippen LogP contribution >= 0.6 is 12.2 Å². The third-order valence-corrected chi connectivity index (χ3v) is 3.19. The number of nitrogens with two attached hydrogens (primary N) is 1. The summed E-state index contributed by atoms with van der Waals surface area (Å²) in [6, 6.07) is 10.1. The van der Waals surface area contributed by atoms with Gasteiger partial charge < -0.3 is 10.6 Å². The molecule has 0 aliphatic rings. The van der Waals surface area contributed by atoms with Gasteiger partial charge in [-0.2, -0.15) is 0 Å². The standard InChI is InChI=1S/C15H17N3S/c1-11-5-6-13(15(16)19)14(8-11)18(2)10-12-4-3-7-17-9-12/h3-9H,10H2,1-2H3,(H2,16,19). The largest absolute Gasteiger partial charge is 0.389 e. The summed E-state index contributed by atoms with van der Waals surface area (Å²) in [5, 5.41) is 0. The number of hydrogen-bond donors (Lipinski definition) is 1. The molecule has 2 rings (SSSR count). The molecule has 0 aliphatic heterocycles. The zero-order valence-electron chi connectivity index (χ0n) is 11.1. The smallest absolute Gasteiger partial charge is 0.106 e. The van der Waals surface area contributed by atoms with Crippen LogP contribution in [0.4, 0.5) is 5.69 Å². The van der Waals surface area contributed by atoms with Crippen molar-refractivity contribution >= 4 is 22.9 Å². The first-order chi connectivity index (χ1) is 9.08. The summed E-state index contributed by atoms with van der Waals surface area (Å²) in [7, 11) is 2.03. The minimum Gasteiger partial charge on any atom is -0.389 e. The molecule has 0 spiro atoms. The maximum absolute atomic E-state index is 5.79. The Morgan fingerprint density at radius 3 is 2.79 bits per heavy atom. The summed E-state index contributed by atoms with van der Waals surface area (Å²) in [6.45, 7) is 2.83. The molecule has 3 nitrogen and oxygen atoms in total. The highest BCUT2D eigenvalue weighted by Gasteiger charge is 2.10. The lowest BCUT2D eigenvalue weighted by molar-refractivity contribution is 0.913. The molecule has 0 atom stereocenters. The Hall–Kier alpha value is -1.94. The van der Waals surface area contributed by atoms with Gasteiger partial charge in [0, 0.05) is 37.2 Å². The average Bonchev–Trinajstić information content (AvgIpc) is 2.39. The third kappa shape index (κ3) is 3.29. The second kappa shape index (κ2) is 5.80. The fourth-order valence-electron chi connectivity index (χ4n) is 2.02. The lowest BCUT2D eigenvalue weighted by Gasteiger charge is -2.22. The van der Waals surface area contributed by atoms with E-state index in [0.717, 1.165) is 23.4 Å². The zero-order chi connectivity index (χ0) is 13.8. The first-order valence-electron chi connectivity index (χ1n) is 6.08. The first-order valence-corrected chi connectivity index (χ1v) is 6.49. The van der Waals surface area contributed by atoms with Gasteiger partial charge in [-0.15, -0.1) is 0 Å². The van der Waals surface area contributed by atoms with E-state index >= 15 is 0 Å². The van der Waals surface area contributed by atoms with Crippen molar-refractivity contribution in [3.05, 3.63) is 59.4 Å². The second-order valence-electron chi connectivity index (χ2n) is 4.60. The Bertz CT molecular complexity index is 581. The summed E-state index contributed by atoms with van der Waals surface area (Å²) in [4.78, 5) is 6.69. The van der Waals surface area contributed by atoms with Gasteiger partial charge in [-0.25, -0.2) is 0 Å². The van der Waals surface area contributed by atoms with Crippen molar-refractivity contribution in [2.45, 2.75) is 13.5 Å². The quantitative estimate of drug-likeness (QED) is 0.868. The predicted molar refractivity (Wildman–Crippen MR) is 83.4 cm³/mol. The molecule has 2 aromatic rings. The third-order valence-electron chi connectivity index (χ3n) is 2.97. The summed E-state index contributed by atoms with van der Waals surface area (Å²) >= 11 is 5.12. The Kier molecular flexibility index (Phi) is 4.12. The summed E-state index contributed by atoms with van der Waals surface area (Å²) < 4.78 is 0. The van der Waals surface area contributed by atoms with Gasteiger partial charge in [0.2, 0.25) is 0 Å². The monoisotopic (exact) mass is 271 g/mol. The molecule has 0 saturated heterocycles. The van der Waals surface area contributed by atoms with Gasteiger partial charge in [0.25, 0.3) is 0 Å². The van der Waals surface area contributed by atoms with Crippen LogP contribution in [-0.4, -0.2) is 17.0 Å². The number of aryl methyl sites for hydroxylation is 1. The summed E-state index contributed by atoms with van der Waals surface area (Å²) in [5.41, 5.74) is 10.1. The number of hydrogen-bond acceptors (Lipinski definition) is 3. The van der Waals surface area contributed by atoms with Crippen LogP contribution in [0.15, 0.2) is 42.7 Å². The number of benzene rings is 1. The molecule has 1 heterocycles. The van der Waals surface area contributed by atoms with Gasteiger partial charge in [-0.3, -0.25) is 4.98 Å². The van der Waals surface area contributed by atoms with E-state index in [9.17, 15) is 0 Å². The number of rotatable bonds is 4. The van der Waals surface area contributed by atoms with Gasteiger partial charge in [-0.1, -0.05) is 24.4 Å². The van der Waals surface area contributed by atoms with E-state index in [1.807, 2.05) is 31.4 Å². The number of thiocarbonyl (C=S) groups is 1. The molecule has 0 aliphatic carbocycles. The molecule has 0 unspecified atom stereocenters. The van der Waals surface area contributed by atoms with E-state index in [4.69, 9.17) is 18.0 Å². The number of pyridine rings is 1.